The molecule has 2 rings (SSSR count). The normalized spacial score (nSPS) is 11.4. The third-order valence-corrected chi connectivity index (χ3v) is 5.23. The number of thiophene rings is 1. The number of rotatable bonds is 2. The highest BCUT2D eigenvalue weighted by atomic mass is 79.9. The van der Waals surface area contributed by atoms with Crippen molar-refractivity contribution in [2.75, 3.05) is 5.32 Å². The fourth-order valence-corrected chi connectivity index (χ4v) is 3.25. The number of halogens is 1. The van der Waals surface area contributed by atoms with Crippen LogP contribution in [-0.2, 0) is 5.41 Å². The van der Waals surface area contributed by atoms with Gasteiger partial charge in [-0.15, -0.1) is 11.3 Å². The van der Waals surface area contributed by atoms with Crippen molar-refractivity contribution in [1.29, 1.82) is 0 Å². The molecule has 1 N–H and O–H groups in total. The van der Waals surface area contributed by atoms with Crippen LogP contribution in [0.3, 0.4) is 0 Å². The van der Waals surface area contributed by atoms with Crippen molar-refractivity contribution >= 4 is 38.9 Å². The number of hydrogen-bond donors (Lipinski definition) is 1. The van der Waals surface area contributed by atoms with Crippen molar-refractivity contribution in [2.24, 2.45) is 0 Å². The quantitative estimate of drug-likeness (QED) is 0.774. The highest BCUT2D eigenvalue weighted by molar-refractivity contribution is 9.11. The lowest BCUT2D eigenvalue weighted by Gasteiger charge is -2.19. The lowest BCUT2D eigenvalue weighted by Crippen LogP contribution is -2.12. The molecule has 1 amide bonds. The van der Waals surface area contributed by atoms with E-state index < -0.39 is 0 Å². The number of aryl methyl sites for hydroxylation is 1. The van der Waals surface area contributed by atoms with Gasteiger partial charge in [-0.3, -0.25) is 4.79 Å². The van der Waals surface area contributed by atoms with Gasteiger partial charge in [-0.1, -0.05) is 32.9 Å². The first-order chi connectivity index (χ1) is 9.27. The Bertz CT molecular complexity index is 603. The van der Waals surface area contributed by atoms with Crippen LogP contribution in [0, 0.1) is 6.92 Å². The van der Waals surface area contributed by atoms with E-state index in [2.05, 4.69) is 54.2 Å². The Morgan fingerprint density at radius 1 is 1.20 bits per heavy atom. The molecule has 0 bridgehead atoms. The lowest BCUT2D eigenvalue weighted by molar-refractivity contribution is 0.103. The highest BCUT2D eigenvalue weighted by Crippen LogP contribution is 2.28. The Morgan fingerprint density at radius 3 is 2.25 bits per heavy atom. The first-order valence-electron chi connectivity index (χ1n) is 6.45. The zero-order chi connectivity index (χ0) is 14.9. The number of carbonyl (C=O) groups excluding carboxylic acids is 1. The van der Waals surface area contributed by atoms with E-state index in [1.807, 2.05) is 25.1 Å². The summed E-state index contributed by atoms with van der Waals surface area (Å²) in [6, 6.07) is 9.92. The van der Waals surface area contributed by atoms with E-state index in [9.17, 15) is 4.79 Å². The van der Waals surface area contributed by atoms with Crippen molar-refractivity contribution < 1.29 is 4.79 Å². The van der Waals surface area contributed by atoms with E-state index in [1.54, 1.807) is 0 Å². The van der Waals surface area contributed by atoms with Gasteiger partial charge in [0, 0.05) is 5.69 Å². The van der Waals surface area contributed by atoms with Gasteiger partial charge in [-0.05, 0) is 57.6 Å². The summed E-state index contributed by atoms with van der Waals surface area (Å²) in [6.07, 6.45) is 0. The van der Waals surface area contributed by atoms with Gasteiger partial charge in [-0.2, -0.15) is 0 Å². The topological polar surface area (TPSA) is 29.1 Å². The lowest BCUT2D eigenvalue weighted by atomic mass is 9.87. The summed E-state index contributed by atoms with van der Waals surface area (Å²) in [7, 11) is 0. The van der Waals surface area contributed by atoms with Crippen molar-refractivity contribution in [3.8, 4) is 0 Å². The monoisotopic (exact) mass is 351 g/mol. The standard InChI is InChI=1S/C16H18BrNOS/c1-10-9-13(20-14(10)17)15(19)18-12-7-5-11(6-8-12)16(2,3)4/h5-9H,1-4H3,(H,18,19). The Kier molecular flexibility index (Phi) is 4.35. The molecule has 1 heterocycles. The van der Waals surface area contributed by atoms with Crippen LogP contribution in [0.1, 0.15) is 41.6 Å². The van der Waals surface area contributed by atoms with Crippen LogP contribution in [0.25, 0.3) is 0 Å². The molecule has 0 aliphatic heterocycles. The maximum Gasteiger partial charge on any atom is 0.265 e. The van der Waals surface area contributed by atoms with E-state index in [-0.39, 0.29) is 11.3 Å². The maximum atomic E-state index is 12.1. The molecule has 2 aromatic rings. The molecule has 0 aliphatic rings. The average molecular weight is 352 g/mol. The molecule has 2 nitrogen and oxygen atoms in total. The van der Waals surface area contributed by atoms with Crippen LogP contribution in [-0.4, -0.2) is 5.91 Å². The number of benzene rings is 1. The molecule has 106 valence electrons. The smallest absolute Gasteiger partial charge is 0.265 e. The summed E-state index contributed by atoms with van der Waals surface area (Å²) in [5.74, 6) is -0.0627. The van der Waals surface area contributed by atoms with Gasteiger partial charge >= 0.3 is 0 Å². The van der Waals surface area contributed by atoms with E-state index in [0.717, 1.165) is 15.0 Å². The third-order valence-electron chi connectivity index (χ3n) is 3.09. The minimum absolute atomic E-state index is 0.0627. The van der Waals surface area contributed by atoms with Crippen molar-refractivity contribution in [1.82, 2.24) is 0 Å². The molecule has 1 aromatic carbocycles. The van der Waals surface area contributed by atoms with Crippen molar-refractivity contribution in [2.45, 2.75) is 33.1 Å². The summed E-state index contributed by atoms with van der Waals surface area (Å²) in [5, 5.41) is 2.93. The summed E-state index contributed by atoms with van der Waals surface area (Å²) in [5.41, 5.74) is 3.29. The summed E-state index contributed by atoms with van der Waals surface area (Å²) < 4.78 is 1.01. The van der Waals surface area contributed by atoms with Crippen LogP contribution in [0.4, 0.5) is 5.69 Å². The zero-order valence-electron chi connectivity index (χ0n) is 12.1. The highest BCUT2D eigenvalue weighted by Gasteiger charge is 2.14. The SMILES string of the molecule is Cc1cc(C(=O)Nc2ccc(C(C)(C)C)cc2)sc1Br. The predicted octanol–water partition coefficient (Wildman–Crippen LogP) is 5.37. The largest absolute Gasteiger partial charge is 0.321 e. The Morgan fingerprint density at radius 2 is 1.80 bits per heavy atom. The van der Waals surface area contributed by atoms with Crippen molar-refractivity contribution in [3.63, 3.8) is 0 Å². The number of hydrogen-bond acceptors (Lipinski definition) is 2. The molecule has 0 radical (unpaired) electrons. The predicted molar refractivity (Wildman–Crippen MR) is 89.9 cm³/mol. The first-order valence-corrected chi connectivity index (χ1v) is 8.06. The summed E-state index contributed by atoms with van der Waals surface area (Å²) in [4.78, 5) is 12.9. The first kappa shape index (κ1) is 15.3. The average Bonchev–Trinajstić information content (AvgIpc) is 2.69. The van der Waals surface area contributed by atoms with E-state index in [1.165, 1.54) is 16.9 Å². The number of anilines is 1. The molecular formula is C16H18BrNOS. The fraction of sp³-hybridized carbons (Fsp3) is 0.312. The van der Waals surface area contributed by atoms with Crippen molar-refractivity contribution in [3.05, 3.63) is 50.1 Å². The Labute approximate surface area is 132 Å². The minimum Gasteiger partial charge on any atom is -0.321 e. The fourth-order valence-electron chi connectivity index (χ4n) is 1.82. The second-order valence-electron chi connectivity index (χ2n) is 5.85. The van der Waals surface area contributed by atoms with Gasteiger partial charge < -0.3 is 5.32 Å². The van der Waals surface area contributed by atoms with Crippen LogP contribution in [0.15, 0.2) is 34.1 Å². The molecule has 4 heteroatoms. The van der Waals surface area contributed by atoms with Gasteiger partial charge in [0.15, 0.2) is 0 Å². The molecule has 0 aliphatic carbocycles. The zero-order valence-corrected chi connectivity index (χ0v) is 14.5. The van der Waals surface area contributed by atoms with Gasteiger partial charge in [0.05, 0.1) is 8.66 Å². The van der Waals surface area contributed by atoms with E-state index in [4.69, 9.17) is 0 Å². The molecule has 0 fully saturated rings. The van der Waals surface area contributed by atoms with E-state index >= 15 is 0 Å². The molecule has 0 spiro atoms. The molecule has 20 heavy (non-hydrogen) atoms. The molecule has 1 aromatic heterocycles. The van der Waals surface area contributed by atoms with Crippen LogP contribution in [0.2, 0.25) is 0 Å². The second-order valence-corrected chi connectivity index (χ2v) is 8.22. The summed E-state index contributed by atoms with van der Waals surface area (Å²) in [6.45, 7) is 8.50. The molecule has 0 unspecified atom stereocenters. The van der Waals surface area contributed by atoms with Crippen LogP contribution >= 0.6 is 27.3 Å². The Balaban J connectivity index is 2.12. The van der Waals surface area contributed by atoms with Gasteiger partial charge in [0.25, 0.3) is 5.91 Å². The second kappa shape index (κ2) is 5.70. The Hall–Kier alpha value is -1.13. The van der Waals surface area contributed by atoms with Crippen LogP contribution in [0.5, 0.6) is 0 Å². The number of amides is 1. The van der Waals surface area contributed by atoms with Gasteiger partial charge in [0.1, 0.15) is 0 Å². The third kappa shape index (κ3) is 3.49. The molecule has 0 saturated carbocycles. The number of carbonyl (C=O) groups is 1. The summed E-state index contributed by atoms with van der Waals surface area (Å²) >= 11 is 4.89. The minimum atomic E-state index is -0.0627. The van der Waals surface area contributed by atoms with Gasteiger partial charge in [0.2, 0.25) is 0 Å². The maximum absolute atomic E-state index is 12.1. The molecule has 0 saturated heterocycles. The number of nitrogens with one attached hydrogen (secondary N) is 1. The van der Waals surface area contributed by atoms with E-state index in [0.29, 0.717) is 4.88 Å². The van der Waals surface area contributed by atoms with Crippen LogP contribution < -0.4 is 5.32 Å². The van der Waals surface area contributed by atoms with Gasteiger partial charge in [-0.25, -0.2) is 0 Å². The molecule has 0 atom stereocenters. The molecular weight excluding hydrogens is 334 g/mol.